The van der Waals surface area contributed by atoms with E-state index in [1.165, 1.54) is 0 Å². The lowest BCUT2D eigenvalue weighted by atomic mass is 10.1. The second kappa shape index (κ2) is 5.80. The Morgan fingerprint density at radius 3 is 2.15 bits per heavy atom. The molecule has 1 nitrogen and oxygen atoms in total. The first-order chi connectivity index (χ1) is 8.99. The van der Waals surface area contributed by atoms with Crippen molar-refractivity contribution in [1.82, 2.24) is 0 Å². The molecule has 20 heavy (non-hydrogen) atoms. The Balaban J connectivity index is 3.24. The largest absolute Gasteiger partial charge is 0.543 e. The van der Waals surface area contributed by atoms with Gasteiger partial charge in [-0.1, -0.05) is 27.7 Å². The maximum atomic E-state index is 13.8. The average molecular weight is 304 g/mol. The van der Waals surface area contributed by atoms with E-state index in [2.05, 4.69) is 20.8 Å². The average Bonchev–Trinajstić information content (AvgIpc) is 2.28. The summed E-state index contributed by atoms with van der Waals surface area (Å²) in [5, 5.41) is -0.0429. The van der Waals surface area contributed by atoms with Gasteiger partial charge in [0, 0.05) is 0 Å². The molecule has 0 N–H and O–H groups in total. The zero-order valence-electron chi connectivity index (χ0n) is 13.0. The number of rotatable bonds is 4. The number of halogens is 3. The Morgan fingerprint density at radius 1 is 1.20 bits per heavy atom. The number of alkyl halides is 2. The van der Waals surface area contributed by atoms with E-state index in [9.17, 15) is 13.2 Å². The summed E-state index contributed by atoms with van der Waals surface area (Å²) in [5.74, 6) is -0.463. The van der Waals surface area contributed by atoms with Crippen molar-refractivity contribution in [2.75, 3.05) is 0 Å². The van der Waals surface area contributed by atoms with Crippen molar-refractivity contribution < 1.29 is 17.6 Å². The van der Waals surface area contributed by atoms with Crippen LogP contribution in [0, 0.1) is 5.82 Å². The first kappa shape index (κ1) is 17.1. The second-order valence-corrected chi connectivity index (χ2v) is 11.2. The molecule has 0 aromatic heterocycles. The van der Waals surface area contributed by atoms with Gasteiger partial charge in [0.1, 0.15) is 11.6 Å². The molecule has 1 rings (SSSR count). The molecule has 114 valence electrons. The molecule has 0 atom stereocenters. The third-order valence-electron chi connectivity index (χ3n) is 3.94. The molecule has 0 amide bonds. The highest BCUT2D eigenvalue weighted by Gasteiger charge is 2.39. The van der Waals surface area contributed by atoms with Crippen LogP contribution in [0.3, 0.4) is 0 Å². The molecule has 0 unspecified atom stereocenters. The van der Waals surface area contributed by atoms with Gasteiger partial charge in [0.15, 0.2) is 0 Å². The van der Waals surface area contributed by atoms with Gasteiger partial charge in [-0.05, 0) is 42.2 Å². The topological polar surface area (TPSA) is 9.23 Å². The predicted molar refractivity (Wildman–Crippen MR) is 78.6 cm³/mol. The fourth-order valence-corrected chi connectivity index (χ4v) is 2.61. The van der Waals surface area contributed by atoms with Crippen LogP contribution in [0.15, 0.2) is 12.1 Å². The monoisotopic (exact) mass is 304 g/mol. The third kappa shape index (κ3) is 3.56. The summed E-state index contributed by atoms with van der Waals surface area (Å²) in [7, 11) is -2.12. The Hall–Kier alpha value is -0.973. The maximum absolute atomic E-state index is 13.8. The van der Waals surface area contributed by atoms with E-state index in [0.29, 0.717) is 12.2 Å². The maximum Gasteiger partial charge on any atom is 0.266 e. The summed E-state index contributed by atoms with van der Waals surface area (Å²) < 4.78 is 45.7. The fraction of sp³-hybridized carbons (Fsp3) is 0.600. The molecule has 0 radical (unpaired) electrons. The van der Waals surface area contributed by atoms with Gasteiger partial charge in [0.05, 0.1) is 5.56 Å². The van der Waals surface area contributed by atoms with E-state index in [-0.39, 0.29) is 10.6 Å². The lowest BCUT2D eigenvalue weighted by Gasteiger charge is -2.36. The number of hydrogen-bond donors (Lipinski definition) is 0. The number of hydrogen-bond acceptors (Lipinski definition) is 1. The van der Waals surface area contributed by atoms with Gasteiger partial charge in [-0.15, -0.1) is 0 Å². The molecule has 0 saturated heterocycles. The van der Waals surface area contributed by atoms with E-state index >= 15 is 0 Å². The fourth-order valence-electron chi connectivity index (χ4n) is 1.60. The zero-order chi connectivity index (χ0) is 15.7. The molecule has 1 aromatic rings. The molecule has 0 spiro atoms. The van der Waals surface area contributed by atoms with Crippen molar-refractivity contribution in [3.05, 3.63) is 29.1 Å². The van der Waals surface area contributed by atoms with Gasteiger partial charge >= 0.3 is 0 Å². The van der Waals surface area contributed by atoms with Gasteiger partial charge in [-0.25, -0.2) is 13.2 Å². The second-order valence-electron chi connectivity index (χ2n) is 6.50. The van der Waals surface area contributed by atoms with Crippen LogP contribution < -0.4 is 4.43 Å². The van der Waals surface area contributed by atoms with Crippen LogP contribution in [-0.4, -0.2) is 8.32 Å². The van der Waals surface area contributed by atoms with Gasteiger partial charge in [0.2, 0.25) is 8.32 Å². The van der Waals surface area contributed by atoms with Crippen LogP contribution in [0.5, 0.6) is 5.75 Å². The van der Waals surface area contributed by atoms with E-state index in [4.69, 9.17) is 4.43 Å². The molecule has 5 heteroatoms. The van der Waals surface area contributed by atoms with E-state index in [1.54, 1.807) is 13.0 Å². The molecule has 0 bridgehead atoms. The van der Waals surface area contributed by atoms with Crippen molar-refractivity contribution in [3.63, 3.8) is 0 Å². The van der Waals surface area contributed by atoms with Crippen LogP contribution in [0.25, 0.3) is 0 Å². The van der Waals surface area contributed by atoms with Crippen molar-refractivity contribution in [1.29, 1.82) is 0 Å². The summed E-state index contributed by atoms with van der Waals surface area (Å²) in [6.45, 7) is 12.0. The van der Waals surface area contributed by atoms with E-state index in [1.807, 2.05) is 13.1 Å². The zero-order valence-corrected chi connectivity index (χ0v) is 14.0. The summed E-state index contributed by atoms with van der Waals surface area (Å²) in [4.78, 5) is 0. The van der Waals surface area contributed by atoms with Crippen molar-refractivity contribution >= 4 is 8.32 Å². The summed E-state index contributed by atoms with van der Waals surface area (Å²) >= 11 is 0. The summed E-state index contributed by atoms with van der Waals surface area (Å²) in [6.07, 6.45) is -2.47. The SMILES string of the molecule is CCc1cc(O[Si](C)(C)C(C)(C)C)cc(C(F)F)c1F. The van der Waals surface area contributed by atoms with Gasteiger partial charge in [0.25, 0.3) is 6.43 Å². The Labute approximate surface area is 120 Å². The summed E-state index contributed by atoms with van der Waals surface area (Å²) in [5.41, 5.74) is -0.297. The van der Waals surface area contributed by atoms with Crippen LogP contribution in [0.2, 0.25) is 18.1 Å². The standard InChI is InChI=1S/C15H23F3OSi/c1-7-10-8-11(9-12(13(10)16)14(17)18)19-20(5,6)15(2,3)4/h8-9,14H,7H2,1-6H3. The molecule has 0 aliphatic heterocycles. The lowest BCUT2D eigenvalue weighted by molar-refractivity contribution is 0.146. The minimum Gasteiger partial charge on any atom is -0.543 e. The first-order valence-corrected chi connectivity index (χ1v) is 9.70. The first-order valence-electron chi connectivity index (χ1n) is 6.79. The normalized spacial score (nSPS) is 12.9. The minimum atomic E-state index is -2.83. The molecule has 0 saturated carbocycles. The van der Waals surface area contributed by atoms with Crippen LogP contribution in [0.1, 0.15) is 45.2 Å². The molecular formula is C15H23F3OSi. The molecule has 0 aliphatic carbocycles. The third-order valence-corrected chi connectivity index (χ3v) is 8.30. The highest BCUT2D eigenvalue weighted by molar-refractivity contribution is 6.74. The van der Waals surface area contributed by atoms with E-state index in [0.717, 1.165) is 6.07 Å². The smallest absolute Gasteiger partial charge is 0.266 e. The minimum absolute atomic E-state index is 0.0429. The van der Waals surface area contributed by atoms with Gasteiger partial charge < -0.3 is 4.43 Å². The molecule has 0 fully saturated rings. The summed E-state index contributed by atoms with van der Waals surface area (Å²) in [6, 6.07) is 2.68. The van der Waals surface area contributed by atoms with Crippen LogP contribution in [-0.2, 0) is 6.42 Å². The Morgan fingerprint density at radius 2 is 1.75 bits per heavy atom. The number of aryl methyl sites for hydroxylation is 1. The van der Waals surface area contributed by atoms with Gasteiger partial charge in [-0.2, -0.15) is 0 Å². The highest BCUT2D eigenvalue weighted by Crippen LogP contribution is 2.38. The lowest BCUT2D eigenvalue weighted by Crippen LogP contribution is -2.43. The molecule has 1 aromatic carbocycles. The Kier molecular flexibility index (Phi) is 4.95. The van der Waals surface area contributed by atoms with Crippen LogP contribution in [0.4, 0.5) is 13.2 Å². The van der Waals surface area contributed by atoms with E-state index < -0.39 is 26.1 Å². The highest BCUT2D eigenvalue weighted by atomic mass is 28.4. The molecular weight excluding hydrogens is 281 g/mol. The quantitative estimate of drug-likeness (QED) is 0.647. The Bertz CT molecular complexity index is 479. The van der Waals surface area contributed by atoms with Gasteiger partial charge in [-0.3, -0.25) is 0 Å². The van der Waals surface area contributed by atoms with Crippen molar-refractivity contribution in [3.8, 4) is 5.75 Å². The molecule has 0 heterocycles. The number of benzene rings is 1. The molecule has 0 aliphatic rings. The van der Waals surface area contributed by atoms with Crippen LogP contribution >= 0.6 is 0 Å². The van der Waals surface area contributed by atoms with Crippen molar-refractivity contribution in [2.24, 2.45) is 0 Å². The van der Waals surface area contributed by atoms with Crippen molar-refractivity contribution in [2.45, 2.75) is 58.7 Å². The predicted octanol–water partition coefficient (Wildman–Crippen LogP) is 5.71.